The predicted octanol–water partition coefficient (Wildman–Crippen LogP) is 5.35. The quantitative estimate of drug-likeness (QED) is 0.693. The van der Waals surface area contributed by atoms with Crippen molar-refractivity contribution in [3.63, 3.8) is 0 Å². The summed E-state index contributed by atoms with van der Waals surface area (Å²) in [6, 6.07) is 19.1. The third kappa shape index (κ3) is 3.27. The number of nitrogens with one attached hydrogen (secondary N) is 1. The van der Waals surface area contributed by atoms with E-state index < -0.39 is 0 Å². The zero-order valence-electron chi connectivity index (χ0n) is 15.5. The molecule has 1 aliphatic rings. The molecule has 0 saturated heterocycles. The molecule has 26 heavy (non-hydrogen) atoms. The first-order chi connectivity index (χ1) is 12.6. The normalized spacial score (nSPS) is 13.2. The second kappa shape index (κ2) is 6.79. The first kappa shape index (κ1) is 16.6. The molecule has 1 aromatic heterocycles. The average Bonchev–Trinajstić information content (AvgIpc) is 3.06. The molecule has 0 fully saturated rings. The molecule has 4 rings (SSSR count). The molecule has 2 aromatic carbocycles. The number of hydrogen-bond donors (Lipinski definition) is 1. The molecule has 0 unspecified atom stereocenters. The van der Waals surface area contributed by atoms with E-state index in [-0.39, 0.29) is 0 Å². The molecular weight excluding hydrogens is 320 g/mol. The topological polar surface area (TPSA) is 41.1 Å². The minimum Gasteiger partial charge on any atom is -0.326 e. The van der Waals surface area contributed by atoms with Gasteiger partial charge in [-0.3, -0.25) is 0 Å². The molecule has 4 heteroatoms. The molecule has 1 N–H and O–H groups in total. The summed E-state index contributed by atoms with van der Waals surface area (Å²) < 4.78 is 0. The van der Waals surface area contributed by atoms with Crippen LogP contribution in [0.1, 0.15) is 36.6 Å². The van der Waals surface area contributed by atoms with Gasteiger partial charge >= 0.3 is 0 Å². The number of para-hydroxylation sites is 1. The van der Waals surface area contributed by atoms with Crippen molar-refractivity contribution in [1.82, 2.24) is 9.97 Å². The molecule has 4 nitrogen and oxygen atoms in total. The highest BCUT2D eigenvalue weighted by Gasteiger charge is 2.21. The van der Waals surface area contributed by atoms with Gasteiger partial charge in [0.2, 0.25) is 5.95 Å². The maximum atomic E-state index is 4.77. The second-order valence-corrected chi connectivity index (χ2v) is 7.12. The first-order valence-corrected chi connectivity index (χ1v) is 9.18. The van der Waals surface area contributed by atoms with E-state index in [1.54, 1.807) is 0 Å². The number of fused-ring (bicyclic) bond motifs is 1. The number of nitrogens with zero attached hydrogens (tertiary/aromatic N) is 3. The standard InChI is InChI=1S/C22H24N4/c1-15(2)17-8-10-19(11-9-17)24-22-23-16(3)14-21(25-22)26-13-12-18-6-4-5-7-20(18)26/h4-11,14-15H,12-13H2,1-3H3,(H,23,24,25). The van der Waals surface area contributed by atoms with Crippen LogP contribution in [0.15, 0.2) is 54.6 Å². The third-order valence-electron chi connectivity index (χ3n) is 4.84. The summed E-state index contributed by atoms with van der Waals surface area (Å²) >= 11 is 0. The van der Waals surface area contributed by atoms with Gasteiger partial charge in [0.15, 0.2) is 0 Å². The lowest BCUT2D eigenvalue weighted by molar-refractivity contribution is 0.867. The number of aromatic nitrogens is 2. The van der Waals surface area contributed by atoms with Gasteiger partial charge in [-0.25, -0.2) is 4.98 Å². The predicted molar refractivity (Wildman–Crippen MR) is 108 cm³/mol. The second-order valence-electron chi connectivity index (χ2n) is 7.12. The van der Waals surface area contributed by atoms with E-state index in [1.165, 1.54) is 16.8 Å². The SMILES string of the molecule is Cc1cc(N2CCc3ccccc32)nc(Nc2ccc(C(C)C)cc2)n1. The van der Waals surface area contributed by atoms with Crippen LogP contribution in [-0.2, 0) is 6.42 Å². The van der Waals surface area contributed by atoms with E-state index in [4.69, 9.17) is 4.98 Å². The Bertz CT molecular complexity index is 916. The van der Waals surface area contributed by atoms with Gasteiger partial charge in [0, 0.05) is 29.7 Å². The Morgan fingerprint density at radius 2 is 1.77 bits per heavy atom. The smallest absolute Gasteiger partial charge is 0.229 e. The van der Waals surface area contributed by atoms with Crippen molar-refractivity contribution in [2.24, 2.45) is 0 Å². The number of benzene rings is 2. The fraction of sp³-hybridized carbons (Fsp3) is 0.273. The van der Waals surface area contributed by atoms with Gasteiger partial charge in [0.05, 0.1) is 0 Å². The molecular formula is C22H24N4. The summed E-state index contributed by atoms with van der Waals surface area (Å²) in [4.78, 5) is 11.6. The van der Waals surface area contributed by atoms with Crippen molar-refractivity contribution >= 4 is 23.1 Å². The Labute approximate surface area is 154 Å². The largest absolute Gasteiger partial charge is 0.326 e. The number of hydrogen-bond acceptors (Lipinski definition) is 4. The van der Waals surface area contributed by atoms with Crippen molar-refractivity contribution in [1.29, 1.82) is 0 Å². The van der Waals surface area contributed by atoms with E-state index in [0.29, 0.717) is 11.9 Å². The molecule has 1 aliphatic heterocycles. The number of rotatable bonds is 4. The summed E-state index contributed by atoms with van der Waals surface area (Å²) in [7, 11) is 0. The van der Waals surface area contributed by atoms with Crippen LogP contribution in [0.3, 0.4) is 0 Å². The molecule has 0 atom stereocenters. The zero-order valence-corrected chi connectivity index (χ0v) is 15.5. The lowest BCUT2D eigenvalue weighted by Gasteiger charge is -2.19. The van der Waals surface area contributed by atoms with Crippen LogP contribution in [0.2, 0.25) is 0 Å². The van der Waals surface area contributed by atoms with E-state index in [9.17, 15) is 0 Å². The summed E-state index contributed by atoms with van der Waals surface area (Å²) in [5.74, 6) is 2.12. The first-order valence-electron chi connectivity index (χ1n) is 9.18. The molecule has 132 valence electrons. The van der Waals surface area contributed by atoms with Crippen molar-refractivity contribution in [2.45, 2.75) is 33.1 Å². The minimum absolute atomic E-state index is 0.529. The van der Waals surface area contributed by atoms with Gasteiger partial charge in [-0.05, 0) is 48.6 Å². The maximum absolute atomic E-state index is 4.77. The minimum atomic E-state index is 0.529. The lowest BCUT2D eigenvalue weighted by Crippen LogP contribution is -2.16. The molecule has 3 aromatic rings. The van der Waals surface area contributed by atoms with Gasteiger partial charge in [0.25, 0.3) is 0 Å². The Balaban J connectivity index is 1.61. The number of aryl methyl sites for hydroxylation is 1. The van der Waals surface area contributed by atoms with Crippen LogP contribution < -0.4 is 10.2 Å². The van der Waals surface area contributed by atoms with Crippen molar-refractivity contribution in [3.05, 3.63) is 71.4 Å². The fourth-order valence-corrected chi connectivity index (χ4v) is 3.40. The van der Waals surface area contributed by atoms with E-state index >= 15 is 0 Å². The van der Waals surface area contributed by atoms with Crippen LogP contribution in [0.25, 0.3) is 0 Å². The lowest BCUT2D eigenvalue weighted by atomic mass is 10.0. The number of anilines is 4. The summed E-state index contributed by atoms with van der Waals surface area (Å²) in [6.45, 7) is 7.37. The van der Waals surface area contributed by atoms with Gasteiger partial charge in [0.1, 0.15) is 5.82 Å². The molecule has 0 saturated carbocycles. The van der Waals surface area contributed by atoms with Crippen LogP contribution in [-0.4, -0.2) is 16.5 Å². The average molecular weight is 344 g/mol. The molecule has 0 radical (unpaired) electrons. The van der Waals surface area contributed by atoms with Crippen LogP contribution in [0, 0.1) is 6.92 Å². The molecule has 0 aliphatic carbocycles. The van der Waals surface area contributed by atoms with E-state index in [1.807, 2.05) is 6.92 Å². The maximum Gasteiger partial charge on any atom is 0.229 e. The molecule has 0 bridgehead atoms. The Morgan fingerprint density at radius 1 is 1.00 bits per heavy atom. The van der Waals surface area contributed by atoms with Gasteiger partial charge < -0.3 is 10.2 Å². The van der Waals surface area contributed by atoms with Gasteiger partial charge in [-0.2, -0.15) is 4.98 Å². The van der Waals surface area contributed by atoms with Crippen LogP contribution in [0.5, 0.6) is 0 Å². The van der Waals surface area contributed by atoms with Crippen LogP contribution in [0.4, 0.5) is 23.1 Å². The molecule has 0 amide bonds. The van der Waals surface area contributed by atoms with Crippen molar-refractivity contribution < 1.29 is 0 Å². The summed E-state index contributed by atoms with van der Waals surface area (Å²) in [5.41, 5.74) is 5.92. The van der Waals surface area contributed by atoms with Crippen molar-refractivity contribution in [2.75, 3.05) is 16.8 Å². The Morgan fingerprint density at radius 3 is 2.54 bits per heavy atom. The highest BCUT2D eigenvalue weighted by Crippen LogP contribution is 2.34. The van der Waals surface area contributed by atoms with Crippen LogP contribution >= 0.6 is 0 Å². The van der Waals surface area contributed by atoms with Crippen molar-refractivity contribution in [3.8, 4) is 0 Å². The van der Waals surface area contributed by atoms with Gasteiger partial charge in [-0.15, -0.1) is 0 Å². The molecule has 2 heterocycles. The van der Waals surface area contributed by atoms with E-state index in [2.05, 4.69) is 83.6 Å². The van der Waals surface area contributed by atoms with Gasteiger partial charge in [-0.1, -0.05) is 44.2 Å². The molecule has 0 spiro atoms. The fourth-order valence-electron chi connectivity index (χ4n) is 3.40. The summed E-state index contributed by atoms with van der Waals surface area (Å²) in [5, 5.41) is 3.35. The Hall–Kier alpha value is -2.88. The monoisotopic (exact) mass is 344 g/mol. The zero-order chi connectivity index (χ0) is 18.1. The third-order valence-corrected chi connectivity index (χ3v) is 4.84. The van der Waals surface area contributed by atoms with E-state index in [0.717, 1.165) is 30.2 Å². The highest BCUT2D eigenvalue weighted by atomic mass is 15.2. The summed E-state index contributed by atoms with van der Waals surface area (Å²) in [6.07, 6.45) is 1.05. The highest BCUT2D eigenvalue weighted by molar-refractivity contribution is 5.68. The Kier molecular flexibility index (Phi) is 4.33.